The molecule has 9 heteroatoms. The second kappa shape index (κ2) is 9.98. The van der Waals surface area contributed by atoms with Crippen molar-refractivity contribution in [3.05, 3.63) is 0 Å². The minimum Gasteiger partial charge on any atom is -0.480 e. The van der Waals surface area contributed by atoms with Crippen LogP contribution in [-0.4, -0.2) is 93.1 Å². The lowest BCUT2D eigenvalue weighted by molar-refractivity contribution is -0.137. The highest BCUT2D eigenvalue weighted by Crippen LogP contribution is 2.26. The van der Waals surface area contributed by atoms with Crippen molar-refractivity contribution >= 4 is 16.0 Å². The van der Waals surface area contributed by atoms with E-state index < -0.39 is 22.5 Å². The second-order valence-corrected chi connectivity index (χ2v) is 9.40. The first-order chi connectivity index (χ1) is 12.3. The zero-order valence-corrected chi connectivity index (χ0v) is 16.6. The van der Waals surface area contributed by atoms with Crippen LogP contribution in [0.3, 0.4) is 0 Å². The Kier molecular flexibility index (Phi) is 8.28. The van der Waals surface area contributed by atoms with Crippen LogP contribution >= 0.6 is 0 Å². The van der Waals surface area contributed by atoms with Crippen LogP contribution < -0.4 is 0 Å². The third kappa shape index (κ3) is 7.11. The molecule has 1 N–H and O–H groups in total. The van der Waals surface area contributed by atoms with Crippen molar-refractivity contribution < 1.29 is 27.8 Å². The van der Waals surface area contributed by atoms with Crippen molar-refractivity contribution in [3.8, 4) is 0 Å². The van der Waals surface area contributed by atoms with Crippen molar-refractivity contribution in [2.45, 2.75) is 44.8 Å². The van der Waals surface area contributed by atoms with Crippen molar-refractivity contribution in [3.63, 3.8) is 0 Å². The summed E-state index contributed by atoms with van der Waals surface area (Å²) in [5.74, 6) is -0.557. The summed E-state index contributed by atoms with van der Waals surface area (Å²) < 4.78 is 36.2. The molecule has 3 atom stereocenters. The van der Waals surface area contributed by atoms with Crippen LogP contribution in [0, 0.1) is 5.92 Å². The topological polar surface area (TPSA) is 96.4 Å². The molecule has 1 aliphatic heterocycles. The minimum atomic E-state index is -3.59. The summed E-state index contributed by atoms with van der Waals surface area (Å²) in [4.78, 5) is 13.1. The lowest BCUT2D eigenvalue weighted by Gasteiger charge is -2.35. The number of carboxylic acids is 1. The third-order valence-corrected chi connectivity index (χ3v) is 6.40. The molecule has 2 fully saturated rings. The van der Waals surface area contributed by atoms with Gasteiger partial charge in [0.2, 0.25) is 10.0 Å². The molecule has 0 amide bonds. The Morgan fingerprint density at radius 2 is 2.08 bits per heavy atom. The van der Waals surface area contributed by atoms with E-state index in [0.29, 0.717) is 31.8 Å². The summed E-state index contributed by atoms with van der Waals surface area (Å²) in [6.45, 7) is 5.07. The van der Waals surface area contributed by atoms with Crippen LogP contribution in [0.2, 0.25) is 0 Å². The number of morpholine rings is 1. The average Bonchev–Trinajstić information content (AvgIpc) is 2.55. The van der Waals surface area contributed by atoms with Crippen molar-refractivity contribution in [2.75, 3.05) is 52.2 Å². The molecule has 26 heavy (non-hydrogen) atoms. The number of carbonyl (C=O) groups is 1. The summed E-state index contributed by atoms with van der Waals surface area (Å²) in [6.07, 6.45) is 5.93. The van der Waals surface area contributed by atoms with Gasteiger partial charge >= 0.3 is 5.97 Å². The maximum absolute atomic E-state index is 11.8. The first kappa shape index (κ1) is 21.6. The van der Waals surface area contributed by atoms with Gasteiger partial charge in [0.25, 0.3) is 0 Å². The third-order valence-electron chi connectivity index (χ3n) is 5.18. The fourth-order valence-corrected chi connectivity index (χ4v) is 4.43. The van der Waals surface area contributed by atoms with E-state index >= 15 is 0 Å². The predicted molar refractivity (Wildman–Crippen MR) is 97.6 cm³/mol. The second-order valence-electron chi connectivity index (χ2n) is 7.41. The molecule has 2 rings (SSSR count). The standard InChI is InChI=1S/C17H32N2O6S/c1-14-5-3-4-6-16(14)25-10-8-18-7-9-24-15(11-18)12-19(13-17(20)21)26(2,22)23/h14-16H,3-13H2,1-2H3,(H,20,21). The molecular formula is C17H32N2O6S. The molecule has 2 aliphatic rings. The zero-order chi connectivity index (χ0) is 19.2. The molecule has 1 saturated carbocycles. The molecule has 0 radical (unpaired) electrons. The Bertz CT molecular complexity index is 555. The number of ether oxygens (including phenoxy) is 2. The molecule has 1 aliphatic carbocycles. The van der Waals surface area contributed by atoms with Crippen molar-refractivity contribution in [1.29, 1.82) is 0 Å². The maximum atomic E-state index is 11.8. The fourth-order valence-electron chi connectivity index (χ4n) is 3.65. The van der Waals surface area contributed by atoms with Crippen LogP contribution in [0.1, 0.15) is 32.6 Å². The Labute approximate surface area is 156 Å². The molecule has 1 saturated heterocycles. The van der Waals surface area contributed by atoms with Crippen LogP contribution in [0.15, 0.2) is 0 Å². The average molecular weight is 393 g/mol. The quantitative estimate of drug-likeness (QED) is 0.615. The van der Waals surface area contributed by atoms with Gasteiger partial charge in [0.1, 0.15) is 6.54 Å². The van der Waals surface area contributed by atoms with E-state index in [4.69, 9.17) is 14.6 Å². The van der Waals surface area contributed by atoms with Gasteiger partial charge in [0, 0.05) is 26.2 Å². The van der Waals surface area contributed by atoms with Gasteiger partial charge in [-0.15, -0.1) is 0 Å². The van der Waals surface area contributed by atoms with Crippen LogP contribution in [0.25, 0.3) is 0 Å². The predicted octanol–water partition coefficient (Wildman–Crippen LogP) is 0.629. The molecule has 8 nitrogen and oxygen atoms in total. The van der Waals surface area contributed by atoms with Crippen LogP contribution in [0.5, 0.6) is 0 Å². The number of sulfonamides is 1. The molecule has 3 unspecified atom stereocenters. The normalized spacial score (nSPS) is 28.3. The Morgan fingerprint density at radius 3 is 2.73 bits per heavy atom. The van der Waals surface area contributed by atoms with Gasteiger partial charge in [0.15, 0.2) is 0 Å². The number of hydrogen-bond donors (Lipinski definition) is 1. The molecule has 0 bridgehead atoms. The van der Waals surface area contributed by atoms with Gasteiger partial charge in [-0.2, -0.15) is 4.31 Å². The molecular weight excluding hydrogens is 360 g/mol. The Balaban J connectivity index is 1.77. The summed E-state index contributed by atoms with van der Waals surface area (Å²) in [7, 11) is -3.59. The van der Waals surface area contributed by atoms with E-state index in [1.165, 1.54) is 19.3 Å². The first-order valence-corrected chi connectivity index (χ1v) is 11.2. The Morgan fingerprint density at radius 1 is 1.35 bits per heavy atom. The summed E-state index contributed by atoms with van der Waals surface area (Å²) >= 11 is 0. The number of hydrogen-bond acceptors (Lipinski definition) is 6. The molecule has 0 aromatic heterocycles. The van der Waals surface area contributed by atoms with Crippen molar-refractivity contribution in [1.82, 2.24) is 9.21 Å². The van der Waals surface area contributed by atoms with Gasteiger partial charge < -0.3 is 14.6 Å². The van der Waals surface area contributed by atoms with Crippen molar-refractivity contribution in [2.24, 2.45) is 5.92 Å². The highest BCUT2D eigenvalue weighted by Gasteiger charge is 2.28. The maximum Gasteiger partial charge on any atom is 0.318 e. The summed E-state index contributed by atoms with van der Waals surface area (Å²) in [5, 5.41) is 8.92. The lowest BCUT2D eigenvalue weighted by Crippen LogP contribution is -2.50. The number of rotatable bonds is 9. The van der Waals surface area contributed by atoms with Crippen LogP contribution in [0.4, 0.5) is 0 Å². The minimum absolute atomic E-state index is 0.0577. The molecule has 1 heterocycles. The molecule has 0 spiro atoms. The van der Waals surface area contributed by atoms with E-state index in [-0.39, 0.29) is 12.6 Å². The van der Waals surface area contributed by atoms with E-state index in [0.717, 1.165) is 30.1 Å². The van der Waals surface area contributed by atoms with E-state index in [1.54, 1.807) is 0 Å². The summed E-state index contributed by atoms with van der Waals surface area (Å²) in [5.41, 5.74) is 0. The SMILES string of the molecule is CC1CCCCC1OCCN1CCOC(CN(CC(=O)O)S(C)(=O)=O)C1. The smallest absolute Gasteiger partial charge is 0.318 e. The van der Waals surface area contributed by atoms with Crippen LogP contribution in [-0.2, 0) is 24.3 Å². The van der Waals surface area contributed by atoms with Gasteiger partial charge in [-0.3, -0.25) is 9.69 Å². The van der Waals surface area contributed by atoms with E-state index in [1.807, 2.05) is 0 Å². The molecule has 0 aromatic rings. The van der Waals surface area contributed by atoms with Gasteiger partial charge in [0.05, 0.1) is 31.7 Å². The highest BCUT2D eigenvalue weighted by molar-refractivity contribution is 7.88. The number of nitrogens with zero attached hydrogens (tertiary/aromatic N) is 2. The monoisotopic (exact) mass is 392 g/mol. The molecule has 152 valence electrons. The molecule has 0 aromatic carbocycles. The highest BCUT2D eigenvalue weighted by atomic mass is 32.2. The van der Waals surface area contributed by atoms with E-state index in [2.05, 4.69) is 11.8 Å². The van der Waals surface area contributed by atoms with E-state index in [9.17, 15) is 13.2 Å². The number of carboxylic acid groups (broad SMARTS) is 1. The largest absolute Gasteiger partial charge is 0.480 e. The fraction of sp³-hybridized carbons (Fsp3) is 0.941. The number of aliphatic carboxylic acids is 1. The Hall–Kier alpha value is -0.740. The first-order valence-electron chi connectivity index (χ1n) is 9.38. The summed E-state index contributed by atoms with van der Waals surface area (Å²) in [6, 6.07) is 0. The van der Waals surface area contributed by atoms with Gasteiger partial charge in [-0.1, -0.05) is 19.8 Å². The van der Waals surface area contributed by atoms with Gasteiger partial charge in [-0.25, -0.2) is 8.42 Å². The zero-order valence-electron chi connectivity index (χ0n) is 15.8. The van der Waals surface area contributed by atoms with Gasteiger partial charge in [-0.05, 0) is 18.8 Å². The lowest BCUT2D eigenvalue weighted by atomic mass is 9.88.